The summed E-state index contributed by atoms with van der Waals surface area (Å²) in [6.07, 6.45) is 2.76. The predicted octanol–water partition coefficient (Wildman–Crippen LogP) is 6.02. The molecule has 0 unspecified atom stereocenters. The topological polar surface area (TPSA) is 98.5 Å². The van der Waals surface area contributed by atoms with Crippen LogP contribution < -0.4 is 5.32 Å². The van der Waals surface area contributed by atoms with Crippen LogP contribution in [-0.2, 0) is 22.6 Å². The Balaban J connectivity index is 1.44. The number of ketones is 1. The zero-order chi connectivity index (χ0) is 26.2. The number of ether oxygens (including phenoxy) is 1. The second-order valence-corrected chi connectivity index (χ2v) is 12.4. The van der Waals surface area contributed by atoms with E-state index in [2.05, 4.69) is 36.3 Å². The normalized spacial score (nSPS) is 17.3. The maximum Gasteiger partial charge on any atom is 0.234 e. The van der Waals surface area contributed by atoms with E-state index in [1.807, 2.05) is 4.40 Å². The van der Waals surface area contributed by atoms with Crippen LogP contribution in [0.4, 0.5) is 5.69 Å². The van der Waals surface area contributed by atoms with Gasteiger partial charge < -0.3 is 10.1 Å². The van der Waals surface area contributed by atoms with E-state index in [1.165, 1.54) is 29.1 Å². The number of benzene rings is 1. The summed E-state index contributed by atoms with van der Waals surface area (Å²) in [7, 11) is 0. The number of hydrogen-bond acceptors (Lipinski definition) is 9. The van der Waals surface area contributed by atoms with Crippen LogP contribution in [0.15, 0.2) is 34.6 Å². The molecule has 11 heteroatoms. The molecule has 0 saturated heterocycles. The van der Waals surface area contributed by atoms with Gasteiger partial charge in [0, 0.05) is 28.3 Å². The first-order chi connectivity index (χ1) is 17.8. The maximum atomic E-state index is 12.7. The summed E-state index contributed by atoms with van der Waals surface area (Å²) in [5.41, 5.74) is 3.11. The van der Waals surface area contributed by atoms with Crippen molar-refractivity contribution in [2.75, 3.05) is 16.8 Å². The number of nitrogens with zero attached hydrogens (tertiary/aromatic N) is 4. The standard InChI is InChI=1S/C26H29N5O3S3/c1-5-11-35-24-28-23-21(18-12-26(4,6-2)34-13-19(18)37-23)22-29-30-25(31(22)24)36-14-20(33)27-17-9-7-16(8-10-17)15(3)32/h7-10H,5-6,11-14H2,1-4H3,(H,27,33)/t26-/m0/s1. The zero-order valence-electron chi connectivity index (χ0n) is 21.3. The lowest BCUT2D eigenvalue weighted by atomic mass is 9.90. The fourth-order valence-electron chi connectivity index (χ4n) is 4.24. The molecule has 0 spiro atoms. The molecule has 3 aromatic heterocycles. The molecule has 0 aliphatic carbocycles. The first-order valence-corrected chi connectivity index (χ1v) is 15.1. The molecule has 1 amide bonds. The highest BCUT2D eigenvalue weighted by molar-refractivity contribution is 8.00. The molecule has 4 aromatic rings. The number of anilines is 1. The highest BCUT2D eigenvalue weighted by Crippen LogP contribution is 2.42. The van der Waals surface area contributed by atoms with Crippen molar-refractivity contribution in [2.45, 2.75) is 69.5 Å². The Morgan fingerprint density at radius 3 is 2.65 bits per heavy atom. The van der Waals surface area contributed by atoms with E-state index in [9.17, 15) is 9.59 Å². The fourth-order valence-corrected chi connectivity index (χ4v) is 7.03. The van der Waals surface area contributed by atoms with Gasteiger partial charge in [0.15, 0.2) is 21.7 Å². The summed E-state index contributed by atoms with van der Waals surface area (Å²) in [6.45, 7) is 8.57. The van der Waals surface area contributed by atoms with Gasteiger partial charge in [-0.2, -0.15) is 0 Å². The maximum absolute atomic E-state index is 12.7. The molecule has 194 valence electrons. The van der Waals surface area contributed by atoms with E-state index < -0.39 is 0 Å². The number of Topliss-reactive ketones (excluding diaryl/α,β-unsaturated/α-hetero) is 1. The number of carbonyl (C=O) groups is 2. The van der Waals surface area contributed by atoms with E-state index in [-0.39, 0.29) is 23.0 Å². The summed E-state index contributed by atoms with van der Waals surface area (Å²) in [4.78, 5) is 31.4. The van der Waals surface area contributed by atoms with Gasteiger partial charge in [-0.25, -0.2) is 9.38 Å². The monoisotopic (exact) mass is 555 g/mol. The van der Waals surface area contributed by atoms with Crippen LogP contribution in [0, 0.1) is 0 Å². The molecule has 1 atom stereocenters. The lowest BCUT2D eigenvalue weighted by Crippen LogP contribution is -2.33. The second-order valence-electron chi connectivity index (χ2n) is 9.31. The number of fused-ring (bicyclic) bond motifs is 5. The Labute approximate surface area is 228 Å². The van der Waals surface area contributed by atoms with E-state index in [4.69, 9.17) is 9.72 Å². The first kappa shape index (κ1) is 26.1. The molecule has 0 saturated carbocycles. The van der Waals surface area contributed by atoms with Gasteiger partial charge in [-0.15, -0.1) is 21.5 Å². The van der Waals surface area contributed by atoms with E-state index in [0.717, 1.165) is 46.0 Å². The summed E-state index contributed by atoms with van der Waals surface area (Å²) in [6, 6.07) is 6.89. The van der Waals surface area contributed by atoms with Crippen LogP contribution in [-0.4, -0.2) is 48.4 Å². The Hall–Kier alpha value is -2.47. The molecule has 1 N–H and O–H groups in total. The van der Waals surface area contributed by atoms with Crippen LogP contribution in [0.5, 0.6) is 0 Å². The predicted molar refractivity (Wildman–Crippen MR) is 150 cm³/mol. The third-order valence-corrected chi connectivity index (χ3v) is 9.68. The van der Waals surface area contributed by atoms with Gasteiger partial charge in [0.1, 0.15) is 4.83 Å². The number of rotatable bonds is 9. The minimum Gasteiger partial charge on any atom is -0.369 e. The molecule has 8 nitrogen and oxygen atoms in total. The molecule has 4 heterocycles. The van der Waals surface area contributed by atoms with Crippen molar-refractivity contribution in [1.82, 2.24) is 19.6 Å². The number of carbonyl (C=O) groups excluding carboxylic acids is 2. The minimum absolute atomic E-state index is 0.00897. The SMILES string of the molecule is CCCSc1nc2sc3c(c2c2nnc(SCC(=O)Nc4ccc(C(C)=O)cc4)n12)C[C@](C)(CC)OC3. The number of thioether (sulfide) groups is 2. The Morgan fingerprint density at radius 2 is 1.95 bits per heavy atom. The fraction of sp³-hybridized carbons (Fsp3) is 0.423. The number of thiophene rings is 1. The lowest BCUT2D eigenvalue weighted by molar-refractivity contribution is -0.113. The second kappa shape index (κ2) is 10.7. The van der Waals surface area contributed by atoms with Crippen molar-refractivity contribution >= 4 is 68.1 Å². The summed E-state index contributed by atoms with van der Waals surface area (Å²) in [5, 5.41) is 14.5. The first-order valence-electron chi connectivity index (χ1n) is 12.3. The van der Waals surface area contributed by atoms with Crippen molar-refractivity contribution in [3.8, 4) is 0 Å². The quantitative estimate of drug-likeness (QED) is 0.152. The van der Waals surface area contributed by atoms with Gasteiger partial charge in [0.05, 0.1) is 23.3 Å². The van der Waals surface area contributed by atoms with Crippen LogP contribution in [0.1, 0.15) is 61.3 Å². The number of aromatic nitrogens is 4. The van der Waals surface area contributed by atoms with Gasteiger partial charge in [0.25, 0.3) is 0 Å². The zero-order valence-corrected chi connectivity index (χ0v) is 23.7. The summed E-state index contributed by atoms with van der Waals surface area (Å²) in [5.74, 6) is 0.937. The van der Waals surface area contributed by atoms with Crippen LogP contribution in [0.2, 0.25) is 0 Å². The number of amides is 1. The molecule has 37 heavy (non-hydrogen) atoms. The highest BCUT2D eigenvalue weighted by atomic mass is 32.2. The van der Waals surface area contributed by atoms with Crippen molar-refractivity contribution < 1.29 is 14.3 Å². The van der Waals surface area contributed by atoms with E-state index in [0.29, 0.717) is 23.0 Å². The van der Waals surface area contributed by atoms with Crippen LogP contribution >= 0.6 is 34.9 Å². The average Bonchev–Trinajstić information content (AvgIpc) is 3.47. The third-order valence-electron chi connectivity index (χ3n) is 6.51. The smallest absolute Gasteiger partial charge is 0.234 e. The van der Waals surface area contributed by atoms with Crippen molar-refractivity contribution in [1.29, 1.82) is 0 Å². The highest BCUT2D eigenvalue weighted by Gasteiger charge is 2.33. The Bertz CT molecular complexity index is 1480. The van der Waals surface area contributed by atoms with E-state index in [1.54, 1.807) is 47.4 Å². The largest absolute Gasteiger partial charge is 0.369 e. The van der Waals surface area contributed by atoms with Crippen molar-refractivity contribution in [2.24, 2.45) is 0 Å². The molecular weight excluding hydrogens is 527 g/mol. The number of nitrogens with one attached hydrogen (secondary N) is 1. The van der Waals surface area contributed by atoms with Gasteiger partial charge in [-0.05, 0) is 56.5 Å². The number of hydrogen-bond donors (Lipinski definition) is 1. The van der Waals surface area contributed by atoms with Crippen molar-refractivity contribution in [3.63, 3.8) is 0 Å². The van der Waals surface area contributed by atoms with Crippen LogP contribution in [0.25, 0.3) is 15.9 Å². The minimum atomic E-state index is -0.202. The molecule has 1 aromatic carbocycles. The summed E-state index contributed by atoms with van der Waals surface area (Å²) < 4.78 is 8.19. The average molecular weight is 556 g/mol. The van der Waals surface area contributed by atoms with E-state index >= 15 is 0 Å². The van der Waals surface area contributed by atoms with Crippen molar-refractivity contribution in [3.05, 3.63) is 40.3 Å². The van der Waals surface area contributed by atoms with Gasteiger partial charge >= 0.3 is 0 Å². The van der Waals surface area contributed by atoms with Gasteiger partial charge in [-0.3, -0.25) is 9.59 Å². The molecule has 0 fully saturated rings. The Morgan fingerprint density at radius 1 is 1.16 bits per heavy atom. The van der Waals surface area contributed by atoms with Gasteiger partial charge in [-0.1, -0.05) is 37.4 Å². The molecular formula is C26H29N5O3S3. The molecule has 5 rings (SSSR count). The molecule has 1 aliphatic rings. The van der Waals surface area contributed by atoms with Gasteiger partial charge in [0.2, 0.25) is 5.91 Å². The molecule has 1 aliphatic heterocycles. The molecule has 0 bridgehead atoms. The summed E-state index contributed by atoms with van der Waals surface area (Å²) >= 11 is 4.70. The van der Waals surface area contributed by atoms with Crippen LogP contribution in [0.3, 0.4) is 0 Å². The molecule has 0 radical (unpaired) electrons. The lowest BCUT2D eigenvalue weighted by Gasteiger charge is -2.33. The Kier molecular flexibility index (Phi) is 7.58. The third kappa shape index (κ3) is 5.27.